The van der Waals surface area contributed by atoms with Gasteiger partial charge in [0.25, 0.3) is 0 Å². The van der Waals surface area contributed by atoms with Gasteiger partial charge in [0.1, 0.15) is 0 Å². The van der Waals surface area contributed by atoms with E-state index in [1.165, 1.54) is 0 Å². The average Bonchev–Trinajstić information content (AvgIpc) is 2.45. The fourth-order valence-electron chi connectivity index (χ4n) is 2.00. The molecule has 4 heteroatoms. The van der Waals surface area contributed by atoms with Gasteiger partial charge < -0.3 is 15.2 Å². The summed E-state index contributed by atoms with van der Waals surface area (Å²) in [4.78, 5) is 4.33. The van der Waals surface area contributed by atoms with Crippen molar-refractivity contribution < 1.29 is 9.84 Å². The summed E-state index contributed by atoms with van der Waals surface area (Å²) >= 11 is 0. The van der Waals surface area contributed by atoms with E-state index in [4.69, 9.17) is 4.74 Å². The van der Waals surface area contributed by atoms with Gasteiger partial charge in [0.15, 0.2) is 11.5 Å². The summed E-state index contributed by atoms with van der Waals surface area (Å²) in [5, 5.41) is 13.4. The molecule has 0 aliphatic carbocycles. The number of phenolic OH excluding ortho intramolecular Hbond substituents is 1. The molecule has 106 valence electrons. The number of hydrogen-bond donors (Lipinski definition) is 2. The Balaban J connectivity index is 1.98. The number of benzene rings is 1. The van der Waals surface area contributed by atoms with Crippen LogP contribution in [0.1, 0.15) is 23.7 Å². The number of nitrogens with one attached hydrogen (secondary N) is 1. The largest absolute Gasteiger partial charge is 0.504 e. The number of aromatic nitrogens is 1. The first-order valence-electron chi connectivity index (χ1n) is 6.77. The van der Waals surface area contributed by atoms with E-state index in [0.717, 1.165) is 16.8 Å². The molecule has 0 amide bonds. The molecule has 1 aromatic carbocycles. The molecule has 0 fully saturated rings. The molecular formula is C16H20N2O2. The second-order valence-corrected chi connectivity index (χ2v) is 4.57. The van der Waals surface area contributed by atoms with Crippen LogP contribution in [0.25, 0.3) is 0 Å². The Labute approximate surface area is 119 Å². The summed E-state index contributed by atoms with van der Waals surface area (Å²) in [5.41, 5.74) is 3.00. The Morgan fingerprint density at radius 3 is 2.80 bits per heavy atom. The number of phenols is 1. The first-order chi connectivity index (χ1) is 9.72. The van der Waals surface area contributed by atoms with Gasteiger partial charge in [-0.1, -0.05) is 18.2 Å². The van der Waals surface area contributed by atoms with Gasteiger partial charge in [-0.15, -0.1) is 0 Å². The van der Waals surface area contributed by atoms with Gasteiger partial charge in [-0.05, 0) is 31.5 Å². The molecule has 0 atom stereocenters. The van der Waals surface area contributed by atoms with Gasteiger partial charge in [0.2, 0.25) is 0 Å². The summed E-state index contributed by atoms with van der Waals surface area (Å²) < 4.78 is 5.37. The van der Waals surface area contributed by atoms with Gasteiger partial charge in [-0.3, -0.25) is 4.98 Å². The minimum atomic E-state index is 0.208. The lowest BCUT2D eigenvalue weighted by Crippen LogP contribution is -2.14. The van der Waals surface area contributed by atoms with Crippen molar-refractivity contribution in [3.05, 3.63) is 53.3 Å². The zero-order valence-electron chi connectivity index (χ0n) is 11.9. The summed E-state index contributed by atoms with van der Waals surface area (Å²) in [6, 6.07) is 9.50. The van der Waals surface area contributed by atoms with Crippen LogP contribution >= 0.6 is 0 Å². The predicted molar refractivity (Wildman–Crippen MR) is 78.8 cm³/mol. The van der Waals surface area contributed by atoms with Gasteiger partial charge in [-0.25, -0.2) is 0 Å². The Bertz CT molecular complexity index is 570. The number of para-hydroxylation sites is 1. The maximum absolute atomic E-state index is 10.1. The quantitative estimate of drug-likeness (QED) is 0.849. The molecule has 0 aliphatic rings. The molecule has 2 rings (SSSR count). The van der Waals surface area contributed by atoms with Crippen LogP contribution in [0.15, 0.2) is 36.5 Å². The molecule has 0 saturated heterocycles. The fraction of sp³-hybridized carbons (Fsp3) is 0.312. The number of nitrogens with zero attached hydrogens (tertiary/aromatic N) is 1. The van der Waals surface area contributed by atoms with E-state index in [0.29, 0.717) is 25.4 Å². The van der Waals surface area contributed by atoms with Gasteiger partial charge >= 0.3 is 0 Å². The summed E-state index contributed by atoms with van der Waals surface area (Å²) in [7, 11) is 0. The SMILES string of the molecule is CCOc1cccc(CNCc2ncccc2C)c1O. The number of rotatable bonds is 6. The van der Waals surface area contributed by atoms with Crippen LogP contribution in [-0.2, 0) is 13.1 Å². The lowest BCUT2D eigenvalue weighted by Gasteiger charge is -2.11. The molecule has 2 N–H and O–H groups in total. The molecule has 0 radical (unpaired) electrons. The van der Waals surface area contributed by atoms with Crippen LogP contribution in [0.4, 0.5) is 0 Å². The highest BCUT2D eigenvalue weighted by atomic mass is 16.5. The minimum absolute atomic E-state index is 0.208. The van der Waals surface area contributed by atoms with Crippen LogP contribution in [0.3, 0.4) is 0 Å². The average molecular weight is 272 g/mol. The second kappa shape index (κ2) is 6.91. The van der Waals surface area contributed by atoms with Crippen LogP contribution < -0.4 is 10.1 Å². The van der Waals surface area contributed by atoms with Crippen molar-refractivity contribution >= 4 is 0 Å². The number of ether oxygens (including phenoxy) is 1. The Kier molecular flexibility index (Phi) is 4.96. The smallest absolute Gasteiger partial charge is 0.162 e. The van der Waals surface area contributed by atoms with E-state index in [1.807, 2.05) is 38.1 Å². The third-order valence-electron chi connectivity index (χ3n) is 3.11. The summed E-state index contributed by atoms with van der Waals surface area (Å²) in [5.74, 6) is 0.736. The number of hydrogen-bond acceptors (Lipinski definition) is 4. The summed E-state index contributed by atoms with van der Waals surface area (Å²) in [6.45, 7) is 5.72. The molecule has 0 bridgehead atoms. The highest BCUT2D eigenvalue weighted by molar-refractivity contribution is 5.45. The zero-order valence-corrected chi connectivity index (χ0v) is 11.9. The van der Waals surface area contributed by atoms with Crippen LogP contribution in [0, 0.1) is 6.92 Å². The third-order valence-corrected chi connectivity index (χ3v) is 3.11. The van der Waals surface area contributed by atoms with Gasteiger partial charge in [0.05, 0.1) is 12.3 Å². The topological polar surface area (TPSA) is 54.4 Å². The van der Waals surface area contributed by atoms with Crippen molar-refractivity contribution in [1.82, 2.24) is 10.3 Å². The van der Waals surface area contributed by atoms with Crippen molar-refractivity contribution in [2.24, 2.45) is 0 Å². The van der Waals surface area contributed by atoms with E-state index in [1.54, 1.807) is 12.3 Å². The Morgan fingerprint density at radius 2 is 2.05 bits per heavy atom. The standard InChI is InChI=1S/C16H20N2O2/c1-3-20-15-8-4-7-13(16(15)19)10-17-11-14-12(2)6-5-9-18-14/h4-9,17,19H,3,10-11H2,1-2H3. The molecule has 4 nitrogen and oxygen atoms in total. The molecular weight excluding hydrogens is 252 g/mol. The lowest BCUT2D eigenvalue weighted by atomic mass is 10.1. The van der Waals surface area contributed by atoms with Crippen molar-refractivity contribution in [3.63, 3.8) is 0 Å². The van der Waals surface area contributed by atoms with Crippen LogP contribution in [-0.4, -0.2) is 16.7 Å². The molecule has 1 aromatic heterocycles. The second-order valence-electron chi connectivity index (χ2n) is 4.57. The van der Waals surface area contributed by atoms with Gasteiger partial charge in [0, 0.05) is 24.8 Å². The van der Waals surface area contributed by atoms with E-state index < -0.39 is 0 Å². The van der Waals surface area contributed by atoms with E-state index in [9.17, 15) is 5.11 Å². The maximum atomic E-state index is 10.1. The molecule has 20 heavy (non-hydrogen) atoms. The Hall–Kier alpha value is -2.07. The lowest BCUT2D eigenvalue weighted by molar-refractivity contribution is 0.316. The molecule has 0 unspecified atom stereocenters. The van der Waals surface area contributed by atoms with Gasteiger partial charge in [-0.2, -0.15) is 0 Å². The first kappa shape index (κ1) is 14.3. The Morgan fingerprint density at radius 1 is 1.20 bits per heavy atom. The van der Waals surface area contributed by atoms with Crippen molar-refractivity contribution in [1.29, 1.82) is 0 Å². The molecule has 1 heterocycles. The molecule has 0 aliphatic heterocycles. The van der Waals surface area contributed by atoms with Crippen molar-refractivity contribution in [2.45, 2.75) is 26.9 Å². The molecule has 0 saturated carbocycles. The summed E-state index contributed by atoms with van der Waals surface area (Å²) in [6.07, 6.45) is 1.79. The van der Waals surface area contributed by atoms with Crippen LogP contribution in [0.2, 0.25) is 0 Å². The minimum Gasteiger partial charge on any atom is -0.504 e. The van der Waals surface area contributed by atoms with E-state index in [-0.39, 0.29) is 5.75 Å². The van der Waals surface area contributed by atoms with Crippen LogP contribution in [0.5, 0.6) is 11.5 Å². The third kappa shape index (κ3) is 3.48. The zero-order chi connectivity index (χ0) is 14.4. The molecule has 0 spiro atoms. The van der Waals surface area contributed by atoms with Crippen molar-refractivity contribution in [2.75, 3.05) is 6.61 Å². The highest BCUT2D eigenvalue weighted by Crippen LogP contribution is 2.29. The number of aromatic hydroxyl groups is 1. The first-order valence-corrected chi connectivity index (χ1v) is 6.77. The van der Waals surface area contributed by atoms with E-state index >= 15 is 0 Å². The van der Waals surface area contributed by atoms with E-state index in [2.05, 4.69) is 10.3 Å². The maximum Gasteiger partial charge on any atom is 0.162 e. The number of aryl methyl sites for hydroxylation is 1. The monoisotopic (exact) mass is 272 g/mol. The normalized spacial score (nSPS) is 10.5. The molecule has 2 aromatic rings. The number of pyridine rings is 1. The van der Waals surface area contributed by atoms with Crippen molar-refractivity contribution in [3.8, 4) is 11.5 Å². The predicted octanol–water partition coefficient (Wildman–Crippen LogP) is 2.78. The fourth-order valence-corrected chi connectivity index (χ4v) is 2.00. The highest BCUT2D eigenvalue weighted by Gasteiger charge is 2.07.